The van der Waals surface area contributed by atoms with Gasteiger partial charge in [0.25, 0.3) is 0 Å². The number of carbonyl (C=O) groups is 1. The van der Waals surface area contributed by atoms with Crippen LogP contribution in [0.4, 0.5) is 4.79 Å². The fraction of sp³-hybridized carbons (Fsp3) is 0.286. The third-order valence-electron chi connectivity index (χ3n) is 1.20. The van der Waals surface area contributed by atoms with Crippen molar-refractivity contribution in [3.05, 3.63) is 18.5 Å². The Labute approximate surface area is 80.1 Å². The Kier molecular flexibility index (Phi) is 3.77. The van der Waals surface area contributed by atoms with E-state index in [9.17, 15) is 4.79 Å². The Hall–Kier alpha value is -1.73. The van der Waals surface area contributed by atoms with Gasteiger partial charge in [-0.05, 0) is 11.3 Å². The molecule has 1 heterocycles. The van der Waals surface area contributed by atoms with Crippen LogP contribution in [0, 0.1) is 0 Å². The Morgan fingerprint density at radius 1 is 1.29 bits per heavy atom. The lowest BCUT2D eigenvalue weighted by atomic mass is 10.7. The number of hydrogen-bond donors (Lipinski definition) is 0. The second-order valence-corrected chi connectivity index (χ2v) is 2.02. The van der Waals surface area contributed by atoms with Crippen LogP contribution in [-0.2, 0) is 9.68 Å². The van der Waals surface area contributed by atoms with Crippen molar-refractivity contribution in [1.29, 1.82) is 0 Å². The second kappa shape index (κ2) is 5.10. The number of hydrogen-bond acceptors (Lipinski definition) is 6. The van der Waals surface area contributed by atoms with Gasteiger partial charge in [0.15, 0.2) is 0 Å². The van der Waals surface area contributed by atoms with Crippen LogP contribution in [0.5, 0.6) is 6.01 Å². The molecular weight excluding hydrogens is 190 g/mol. The first-order valence-electron chi connectivity index (χ1n) is 3.65. The van der Waals surface area contributed by atoms with Crippen molar-refractivity contribution >= 4 is 6.09 Å². The molecule has 1 amide bonds. The summed E-state index contributed by atoms with van der Waals surface area (Å²) in [6.45, 7) is 0. The molecule has 0 N–H and O–H groups in total. The zero-order valence-electron chi connectivity index (χ0n) is 7.71. The molecule has 0 atom stereocenters. The van der Waals surface area contributed by atoms with Crippen LogP contribution < -0.4 is 4.74 Å². The first-order chi connectivity index (χ1) is 6.77. The van der Waals surface area contributed by atoms with Crippen molar-refractivity contribution in [2.45, 2.75) is 0 Å². The highest BCUT2D eigenvalue weighted by Gasteiger charge is 2.16. The average molecular weight is 199 g/mol. The van der Waals surface area contributed by atoms with Gasteiger partial charge < -0.3 is 4.74 Å². The molecule has 1 aromatic heterocycles. The summed E-state index contributed by atoms with van der Waals surface area (Å²) in [5.41, 5.74) is 0. The van der Waals surface area contributed by atoms with Crippen molar-refractivity contribution in [2.24, 2.45) is 0 Å². The number of aromatic nitrogens is 2. The largest absolute Gasteiger partial charge is 0.467 e. The maximum atomic E-state index is 11.1. The Balaban J connectivity index is 2.57. The lowest BCUT2D eigenvalue weighted by molar-refractivity contribution is -0.305. The molecule has 7 nitrogen and oxygen atoms in total. The van der Waals surface area contributed by atoms with E-state index in [0.29, 0.717) is 5.23 Å². The number of carbonyl (C=O) groups excluding carboxylic acids is 1. The fourth-order valence-electron chi connectivity index (χ4n) is 0.677. The molecule has 0 aromatic carbocycles. The molecule has 0 aliphatic heterocycles. The van der Waals surface area contributed by atoms with E-state index in [1.54, 1.807) is 6.07 Å². The highest BCUT2D eigenvalue weighted by molar-refractivity contribution is 5.67. The SMILES string of the molecule is CON(OC)C(=O)Oc1ncccn1. The van der Waals surface area contributed by atoms with Crippen LogP contribution in [0.3, 0.4) is 0 Å². The van der Waals surface area contributed by atoms with Crippen LogP contribution in [0.25, 0.3) is 0 Å². The number of amides is 1. The third-order valence-corrected chi connectivity index (χ3v) is 1.20. The van der Waals surface area contributed by atoms with Gasteiger partial charge in [0, 0.05) is 12.4 Å². The van der Waals surface area contributed by atoms with Gasteiger partial charge in [0.05, 0.1) is 14.2 Å². The first kappa shape index (κ1) is 10.4. The lowest BCUT2D eigenvalue weighted by Gasteiger charge is -2.13. The highest BCUT2D eigenvalue weighted by atomic mass is 17.0. The minimum Gasteiger partial charge on any atom is -0.371 e. The van der Waals surface area contributed by atoms with Gasteiger partial charge >= 0.3 is 12.1 Å². The topological polar surface area (TPSA) is 73.8 Å². The van der Waals surface area contributed by atoms with Gasteiger partial charge in [0.1, 0.15) is 0 Å². The number of nitrogens with zero attached hydrogens (tertiary/aromatic N) is 3. The van der Waals surface area contributed by atoms with Crippen LogP contribution >= 0.6 is 0 Å². The van der Waals surface area contributed by atoms with Crippen LogP contribution in [0.1, 0.15) is 0 Å². The molecular formula is C7H9N3O4. The first-order valence-corrected chi connectivity index (χ1v) is 3.65. The molecule has 76 valence electrons. The van der Waals surface area contributed by atoms with Crippen molar-refractivity contribution < 1.29 is 19.2 Å². The average Bonchev–Trinajstić information content (AvgIpc) is 2.21. The van der Waals surface area contributed by atoms with Crippen molar-refractivity contribution in [3.63, 3.8) is 0 Å². The molecule has 0 radical (unpaired) electrons. The van der Waals surface area contributed by atoms with E-state index in [0.717, 1.165) is 0 Å². The third kappa shape index (κ3) is 2.64. The molecule has 14 heavy (non-hydrogen) atoms. The van der Waals surface area contributed by atoms with Crippen molar-refractivity contribution in [3.8, 4) is 6.01 Å². The Morgan fingerprint density at radius 3 is 2.36 bits per heavy atom. The standard InChI is InChI=1S/C7H9N3O4/c1-12-10(13-2)7(11)14-6-8-4-3-5-9-6/h3-5H,1-2H3. The van der Waals surface area contributed by atoms with E-state index in [1.807, 2.05) is 0 Å². The summed E-state index contributed by atoms with van der Waals surface area (Å²) >= 11 is 0. The summed E-state index contributed by atoms with van der Waals surface area (Å²) < 4.78 is 4.67. The number of ether oxygens (including phenoxy) is 1. The van der Waals surface area contributed by atoms with Gasteiger partial charge in [-0.1, -0.05) is 0 Å². The molecule has 1 rings (SSSR count). The Morgan fingerprint density at radius 2 is 1.86 bits per heavy atom. The fourth-order valence-corrected chi connectivity index (χ4v) is 0.677. The maximum absolute atomic E-state index is 11.1. The summed E-state index contributed by atoms with van der Waals surface area (Å²) in [6.07, 6.45) is 2.03. The second-order valence-electron chi connectivity index (χ2n) is 2.02. The van der Waals surface area contributed by atoms with E-state index in [-0.39, 0.29) is 6.01 Å². The molecule has 0 fully saturated rings. The molecule has 1 aromatic rings. The van der Waals surface area contributed by atoms with Crippen LogP contribution in [-0.4, -0.2) is 35.5 Å². The zero-order chi connectivity index (χ0) is 10.4. The van der Waals surface area contributed by atoms with E-state index < -0.39 is 6.09 Å². The van der Waals surface area contributed by atoms with E-state index in [4.69, 9.17) is 0 Å². The molecule has 0 spiro atoms. The van der Waals surface area contributed by atoms with Gasteiger partial charge in [0.2, 0.25) is 0 Å². The van der Waals surface area contributed by atoms with Gasteiger partial charge in [-0.25, -0.2) is 24.4 Å². The predicted octanol–water partition coefficient (Wildman–Crippen LogP) is 0.400. The van der Waals surface area contributed by atoms with E-state index in [2.05, 4.69) is 24.4 Å². The monoisotopic (exact) mass is 199 g/mol. The molecule has 0 aliphatic rings. The molecule has 0 unspecified atom stereocenters. The van der Waals surface area contributed by atoms with Crippen LogP contribution in [0.2, 0.25) is 0 Å². The highest BCUT2D eigenvalue weighted by Crippen LogP contribution is 2.01. The molecule has 0 saturated heterocycles. The van der Waals surface area contributed by atoms with Gasteiger partial charge in [-0.15, -0.1) is 0 Å². The molecule has 0 saturated carbocycles. The smallest absolute Gasteiger partial charge is 0.371 e. The minimum absolute atomic E-state index is 0.0726. The van der Waals surface area contributed by atoms with Gasteiger partial charge in [-0.3, -0.25) is 0 Å². The van der Waals surface area contributed by atoms with E-state index >= 15 is 0 Å². The summed E-state index contributed by atoms with van der Waals surface area (Å²) in [5.74, 6) is 0. The molecule has 0 aliphatic carbocycles. The maximum Gasteiger partial charge on any atom is 0.467 e. The van der Waals surface area contributed by atoms with Crippen LogP contribution in [0.15, 0.2) is 18.5 Å². The summed E-state index contributed by atoms with van der Waals surface area (Å²) in [7, 11) is 2.52. The summed E-state index contributed by atoms with van der Waals surface area (Å²) in [5, 5.41) is 0.552. The quantitative estimate of drug-likeness (QED) is 0.656. The zero-order valence-corrected chi connectivity index (χ0v) is 7.71. The van der Waals surface area contributed by atoms with Crippen molar-refractivity contribution in [2.75, 3.05) is 14.2 Å². The normalized spacial score (nSPS) is 9.57. The summed E-state index contributed by atoms with van der Waals surface area (Å²) in [4.78, 5) is 27.5. The lowest BCUT2D eigenvalue weighted by Crippen LogP contribution is -2.31. The van der Waals surface area contributed by atoms with E-state index in [1.165, 1.54) is 26.6 Å². The number of hydroxylamine groups is 2. The predicted molar refractivity (Wildman–Crippen MR) is 43.9 cm³/mol. The number of rotatable bonds is 3. The molecule has 0 bridgehead atoms. The van der Waals surface area contributed by atoms with Crippen molar-refractivity contribution in [1.82, 2.24) is 15.2 Å². The molecule has 7 heteroatoms. The van der Waals surface area contributed by atoms with Gasteiger partial charge in [-0.2, -0.15) is 0 Å². The minimum atomic E-state index is -0.860. The Bertz CT molecular complexity index is 288. The summed E-state index contributed by atoms with van der Waals surface area (Å²) in [6, 6.07) is 1.53.